The van der Waals surface area contributed by atoms with E-state index in [1.165, 1.54) is 59.8 Å². The van der Waals surface area contributed by atoms with E-state index in [4.69, 9.17) is 15.0 Å². The predicted molar refractivity (Wildman–Crippen MR) is 262 cm³/mol. The highest BCUT2D eigenvalue weighted by atomic mass is 31.2. The van der Waals surface area contributed by atoms with Gasteiger partial charge in [0, 0.05) is 22.0 Å². The Morgan fingerprint density at radius 3 is 0.984 bits per heavy atom. The van der Waals surface area contributed by atoms with Crippen molar-refractivity contribution in [1.29, 1.82) is 0 Å². The molecule has 0 radical (unpaired) electrons. The first-order valence-electron chi connectivity index (χ1n) is 20.9. The molecule has 4 nitrogen and oxygen atoms in total. The maximum atomic E-state index is 13.0. The maximum absolute atomic E-state index is 13.0. The van der Waals surface area contributed by atoms with Crippen LogP contribution < -0.4 is 5.30 Å². The Morgan fingerprint density at radius 1 is 0.290 bits per heavy atom. The van der Waals surface area contributed by atoms with Gasteiger partial charge in [0.25, 0.3) is 0 Å². The Hall–Kier alpha value is -7.52. The molecule has 0 aliphatic carbocycles. The monoisotopic (exact) mass is 813 g/mol. The van der Waals surface area contributed by atoms with Crippen LogP contribution in [0.15, 0.2) is 206 Å². The summed E-state index contributed by atoms with van der Waals surface area (Å²) in [5.41, 5.74) is 9.75. The van der Waals surface area contributed by atoms with Crippen LogP contribution in [0.4, 0.5) is 0 Å². The molecule has 0 amide bonds. The fourth-order valence-electron chi connectivity index (χ4n) is 9.16. The van der Waals surface area contributed by atoms with Crippen LogP contribution in [0.25, 0.3) is 111 Å². The Kier molecular flexibility index (Phi) is 9.18. The SMILES string of the molecule is CP(C)(=O)c1ccc(-c2c3ccccc3c(-c3c4ccccc4c(-c4cccc(-c5nc(-c6ccccc6)nc(-c6ccccc6)n5)c4)c4ccccc34)c3ccccc23)cc1. The summed E-state index contributed by atoms with van der Waals surface area (Å²) in [7, 11) is -2.40. The first kappa shape index (κ1) is 37.5. The van der Waals surface area contributed by atoms with Crippen LogP contribution in [0, 0.1) is 0 Å². The van der Waals surface area contributed by atoms with Gasteiger partial charge in [-0.25, -0.2) is 15.0 Å². The van der Waals surface area contributed by atoms with Gasteiger partial charge in [-0.3, -0.25) is 0 Å². The van der Waals surface area contributed by atoms with Crippen LogP contribution in [0.1, 0.15) is 0 Å². The van der Waals surface area contributed by atoms with Crippen molar-refractivity contribution in [3.63, 3.8) is 0 Å². The zero-order chi connectivity index (χ0) is 41.8. The molecule has 0 fully saturated rings. The van der Waals surface area contributed by atoms with Gasteiger partial charge in [-0.2, -0.15) is 0 Å². The molecule has 11 rings (SSSR count). The number of nitrogens with zero attached hydrogens (tertiary/aromatic N) is 3. The molecule has 10 aromatic carbocycles. The van der Waals surface area contributed by atoms with Gasteiger partial charge < -0.3 is 4.57 Å². The average Bonchev–Trinajstić information content (AvgIpc) is 3.33. The minimum Gasteiger partial charge on any atom is -0.319 e. The Bertz CT molecular complexity index is 3390. The molecule has 0 aliphatic rings. The van der Waals surface area contributed by atoms with Crippen LogP contribution in [0.2, 0.25) is 0 Å². The summed E-state index contributed by atoms with van der Waals surface area (Å²) >= 11 is 0. The minimum absolute atomic E-state index is 0.621. The Labute approximate surface area is 360 Å². The number of benzene rings is 10. The van der Waals surface area contributed by atoms with Crippen molar-refractivity contribution in [2.45, 2.75) is 0 Å². The van der Waals surface area contributed by atoms with Gasteiger partial charge in [0.15, 0.2) is 17.5 Å². The zero-order valence-corrected chi connectivity index (χ0v) is 35.2. The topological polar surface area (TPSA) is 55.7 Å². The molecule has 0 spiro atoms. The average molecular weight is 814 g/mol. The van der Waals surface area contributed by atoms with Gasteiger partial charge >= 0.3 is 0 Å². The first-order chi connectivity index (χ1) is 30.4. The number of hydrogen-bond donors (Lipinski definition) is 0. The highest BCUT2D eigenvalue weighted by molar-refractivity contribution is 7.70. The molecule has 0 unspecified atom stereocenters. The Balaban J connectivity index is 1.15. The third kappa shape index (κ3) is 6.48. The van der Waals surface area contributed by atoms with Gasteiger partial charge in [0.1, 0.15) is 7.14 Å². The van der Waals surface area contributed by atoms with Crippen molar-refractivity contribution in [3.05, 3.63) is 206 Å². The van der Waals surface area contributed by atoms with E-state index < -0.39 is 7.14 Å². The van der Waals surface area contributed by atoms with Crippen molar-refractivity contribution < 1.29 is 4.57 Å². The van der Waals surface area contributed by atoms with Crippen molar-refractivity contribution in [2.75, 3.05) is 13.3 Å². The second-order valence-corrected chi connectivity index (χ2v) is 19.4. The van der Waals surface area contributed by atoms with E-state index in [1.807, 2.05) is 86.1 Å². The molecular weight excluding hydrogens is 774 g/mol. The summed E-state index contributed by atoms with van der Waals surface area (Å²) in [6, 6.07) is 72.5. The van der Waals surface area contributed by atoms with E-state index >= 15 is 0 Å². The highest BCUT2D eigenvalue weighted by Crippen LogP contribution is 2.50. The second kappa shape index (κ2) is 15.2. The van der Waals surface area contributed by atoms with Crippen LogP contribution >= 0.6 is 7.14 Å². The lowest BCUT2D eigenvalue weighted by molar-refractivity contribution is 0.588. The molecule has 1 aromatic heterocycles. The van der Waals surface area contributed by atoms with Crippen molar-refractivity contribution in [1.82, 2.24) is 15.0 Å². The van der Waals surface area contributed by atoms with Gasteiger partial charge in [0.05, 0.1) is 0 Å². The summed E-state index contributed by atoms with van der Waals surface area (Å²) in [6.07, 6.45) is 0. The molecule has 1 heterocycles. The standard InChI is InChI=1S/C57H40N3OP/c1-62(2,61)42-34-32-37(33-35-42)51-43-24-9-13-28-47(43)53(48-29-14-10-25-44(48)51)54-49-30-15-11-26-45(49)52(46-27-12-16-31-50(46)54)40-22-17-23-41(36-40)57-59-55(38-18-5-3-6-19-38)58-56(60-57)39-20-7-4-8-21-39/h3-36H,1-2H3. The van der Waals surface area contributed by atoms with Gasteiger partial charge in [0.2, 0.25) is 0 Å². The molecule has 0 atom stereocenters. The molecule has 0 aliphatic heterocycles. The lowest BCUT2D eigenvalue weighted by Gasteiger charge is -2.22. The van der Waals surface area contributed by atoms with Crippen molar-refractivity contribution >= 4 is 55.5 Å². The van der Waals surface area contributed by atoms with Crippen molar-refractivity contribution in [2.24, 2.45) is 0 Å². The number of hydrogen-bond acceptors (Lipinski definition) is 4. The van der Waals surface area contributed by atoms with E-state index in [0.29, 0.717) is 17.5 Å². The summed E-state index contributed by atoms with van der Waals surface area (Å²) in [5, 5.41) is 10.3. The fraction of sp³-hybridized carbons (Fsp3) is 0.0351. The predicted octanol–water partition coefficient (Wildman–Crippen LogP) is 14.7. The van der Waals surface area contributed by atoms with Crippen LogP contribution in [-0.4, -0.2) is 28.3 Å². The van der Waals surface area contributed by atoms with E-state index in [0.717, 1.165) is 38.7 Å². The molecule has 0 N–H and O–H groups in total. The smallest absolute Gasteiger partial charge is 0.164 e. The fourth-order valence-corrected chi connectivity index (χ4v) is 10.0. The Morgan fingerprint density at radius 2 is 0.597 bits per heavy atom. The zero-order valence-electron chi connectivity index (χ0n) is 34.3. The van der Waals surface area contributed by atoms with E-state index in [-0.39, 0.29) is 0 Å². The molecule has 0 saturated heterocycles. The van der Waals surface area contributed by atoms with Crippen molar-refractivity contribution in [3.8, 4) is 67.5 Å². The van der Waals surface area contributed by atoms with Crippen LogP contribution in [0.3, 0.4) is 0 Å². The lowest BCUT2D eigenvalue weighted by atomic mass is 9.81. The van der Waals surface area contributed by atoms with Gasteiger partial charge in [-0.05, 0) is 95.9 Å². The number of rotatable bonds is 7. The largest absolute Gasteiger partial charge is 0.319 e. The first-order valence-corrected chi connectivity index (χ1v) is 23.5. The number of fused-ring (bicyclic) bond motifs is 4. The minimum atomic E-state index is -2.40. The molecule has 0 bridgehead atoms. The summed E-state index contributed by atoms with van der Waals surface area (Å²) in [4.78, 5) is 15.1. The third-order valence-corrected chi connectivity index (χ3v) is 13.5. The normalized spacial score (nSPS) is 11.8. The summed E-state index contributed by atoms with van der Waals surface area (Å²) < 4.78 is 13.0. The molecule has 11 aromatic rings. The second-order valence-electron chi connectivity index (χ2n) is 16.2. The molecule has 5 heteroatoms. The van der Waals surface area contributed by atoms with Gasteiger partial charge in [-0.15, -0.1) is 0 Å². The summed E-state index contributed by atoms with van der Waals surface area (Å²) in [5.74, 6) is 1.89. The van der Waals surface area contributed by atoms with E-state index in [1.54, 1.807) is 0 Å². The lowest BCUT2D eigenvalue weighted by Crippen LogP contribution is -2.01. The van der Waals surface area contributed by atoms with Crippen LogP contribution in [-0.2, 0) is 4.57 Å². The van der Waals surface area contributed by atoms with E-state index in [9.17, 15) is 4.57 Å². The van der Waals surface area contributed by atoms with Crippen LogP contribution in [0.5, 0.6) is 0 Å². The van der Waals surface area contributed by atoms with Gasteiger partial charge in [-0.1, -0.05) is 200 Å². The maximum Gasteiger partial charge on any atom is 0.164 e. The van der Waals surface area contributed by atoms with E-state index in [2.05, 4.69) is 133 Å². The molecular formula is C57H40N3OP. The molecule has 0 saturated carbocycles. The molecule has 294 valence electrons. The third-order valence-electron chi connectivity index (χ3n) is 12.0. The summed E-state index contributed by atoms with van der Waals surface area (Å²) in [6.45, 7) is 3.66. The quantitative estimate of drug-likeness (QED) is 0.119. The molecule has 62 heavy (non-hydrogen) atoms. The highest BCUT2D eigenvalue weighted by Gasteiger charge is 2.23. The number of aromatic nitrogens is 3.